The lowest BCUT2D eigenvalue weighted by molar-refractivity contribution is 0.0552. The summed E-state index contributed by atoms with van der Waals surface area (Å²) in [6, 6.07) is 14.6. The molecule has 5 aromatic rings. The Hall–Kier alpha value is -3.73. The summed E-state index contributed by atoms with van der Waals surface area (Å²) in [4.78, 5) is 9.55. The normalized spacial score (nSPS) is 19.6. The molecule has 4 aromatic heterocycles. The van der Waals surface area contributed by atoms with Crippen molar-refractivity contribution in [2.75, 3.05) is 19.8 Å². The highest BCUT2D eigenvalue weighted by atomic mass is 19.3. The van der Waals surface area contributed by atoms with Crippen LogP contribution in [0.2, 0.25) is 0 Å². The van der Waals surface area contributed by atoms with E-state index >= 15 is 0 Å². The maximum atomic E-state index is 13.8. The first-order valence-corrected chi connectivity index (χ1v) is 15.0. The second-order valence-corrected chi connectivity index (χ2v) is 12.9. The molecule has 8 nitrogen and oxygen atoms in total. The Labute approximate surface area is 251 Å². The maximum Gasteiger partial charge on any atom is 0.255 e. The molecule has 0 amide bonds. The van der Waals surface area contributed by atoms with Crippen molar-refractivity contribution in [2.45, 2.75) is 36.3 Å². The van der Waals surface area contributed by atoms with Crippen LogP contribution in [0.3, 0.4) is 0 Å². The molecular weight excluding hydrogens is 547 g/mol. The van der Waals surface area contributed by atoms with Gasteiger partial charge in [-0.3, -0.25) is 4.98 Å². The summed E-state index contributed by atoms with van der Waals surface area (Å²) < 4.78 is 43.5. The fourth-order valence-corrected chi connectivity index (χ4v) is 6.48. The fourth-order valence-electron chi connectivity index (χ4n) is 6.48. The zero-order valence-electron chi connectivity index (χ0n) is 24.9. The summed E-state index contributed by atoms with van der Waals surface area (Å²) in [6.07, 6.45) is 5.23. The lowest BCUT2D eigenvalue weighted by Crippen LogP contribution is -2.28. The second kappa shape index (κ2) is 10.5. The Morgan fingerprint density at radius 2 is 1.84 bits per heavy atom. The third-order valence-corrected chi connectivity index (χ3v) is 8.84. The summed E-state index contributed by atoms with van der Waals surface area (Å²) in [5, 5.41) is 9.38. The van der Waals surface area contributed by atoms with Crippen molar-refractivity contribution >= 4 is 45.5 Å². The average molecular weight is 580 g/mol. The van der Waals surface area contributed by atoms with Crippen molar-refractivity contribution in [3.05, 3.63) is 66.1 Å². The summed E-state index contributed by atoms with van der Waals surface area (Å²) in [5.74, 6) is -2.81. The van der Waals surface area contributed by atoms with Gasteiger partial charge in [0, 0.05) is 44.6 Å². The number of nitrogens with zero attached hydrogens (tertiary/aromatic N) is 6. The number of pyridine rings is 2. The molecule has 1 saturated heterocycles. The van der Waals surface area contributed by atoms with Crippen LogP contribution >= 0.6 is 0 Å². The zero-order valence-corrected chi connectivity index (χ0v) is 24.9. The molecule has 1 aliphatic heterocycles. The van der Waals surface area contributed by atoms with Crippen molar-refractivity contribution in [1.82, 2.24) is 29.5 Å². The van der Waals surface area contributed by atoms with Crippen LogP contribution in [0.4, 0.5) is 8.78 Å². The molecule has 1 unspecified atom stereocenters. The van der Waals surface area contributed by atoms with E-state index in [0.29, 0.717) is 25.0 Å². The van der Waals surface area contributed by atoms with E-state index < -0.39 is 11.8 Å². The van der Waals surface area contributed by atoms with Crippen molar-refractivity contribution in [3.8, 4) is 17.1 Å². The predicted molar refractivity (Wildman–Crippen MR) is 169 cm³/mol. The van der Waals surface area contributed by atoms with Crippen molar-refractivity contribution in [2.24, 2.45) is 18.9 Å². The predicted octanol–water partition coefficient (Wildman–Crippen LogP) is 2.44. The van der Waals surface area contributed by atoms with E-state index in [0.717, 1.165) is 51.7 Å². The van der Waals surface area contributed by atoms with Gasteiger partial charge in [-0.25, -0.2) is 18.4 Å². The molecule has 1 aromatic carbocycles. The number of ether oxygens (including phenoxy) is 2. The molecule has 2 aliphatic rings. The fraction of sp³-hybridized carbons (Fsp3) is 0.400. The Balaban J connectivity index is 1.48. The van der Waals surface area contributed by atoms with E-state index in [9.17, 15) is 8.78 Å². The number of aromatic nitrogens is 6. The summed E-state index contributed by atoms with van der Waals surface area (Å²) in [7, 11) is 8.27. The van der Waals surface area contributed by atoms with E-state index in [1.807, 2.05) is 25.4 Å². The van der Waals surface area contributed by atoms with Gasteiger partial charge in [0.15, 0.2) is 0 Å². The van der Waals surface area contributed by atoms with Crippen molar-refractivity contribution < 1.29 is 18.3 Å². The molecule has 2 fully saturated rings. The number of hydrogen-bond acceptors (Lipinski definition) is 6. The lowest BCUT2D eigenvalue weighted by Gasteiger charge is -2.33. The molecule has 218 valence electrons. The van der Waals surface area contributed by atoms with E-state index in [-0.39, 0.29) is 24.2 Å². The Bertz CT molecular complexity index is 1800. The van der Waals surface area contributed by atoms with Gasteiger partial charge in [0.25, 0.3) is 5.92 Å². The number of alkyl halides is 2. The minimum absolute atomic E-state index is 0.0167. The monoisotopic (exact) mass is 580 g/mol. The number of aryl methyl sites for hydroxylation is 1. The molecule has 0 N–H and O–H groups in total. The lowest BCUT2D eigenvalue weighted by atomic mass is 9.41. The molecule has 7 rings (SSSR count). The molecule has 5 heterocycles. The smallest absolute Gasteiger partial charge is 0.255 e. The van der Waals surface area contributed by atoms with Gasteiger partial charge in [-0.1, -0.05) is 40.7 Å². The van der Waals surface area contributed by atoms with Crippen LogP contribution in [0.5, 0.6) is 5.88 Å². The molecule has 2 atom stereocenters. The van der Waals surface area contributed by atoms with E-state index in [1.54, 1.807) is 10.9 Å². The average Bonchev–Trinajstić information content (AvgIpc) is 3.26. The van der Waals surface area contributed by atoms with E-state index in [1.165, 1.54) is 5.56 Å². The highest BCUT2D eigenvalue weighted by molar-refractivity contribution is 6.59. The van der Waals surface area contributed by atoms with Crippen molar-refractivity contribution in [3.63, 3.8) is 0 Å². The number of benzene rings is 1. The minimum Gasteiger partial charge on any atom is -0.477 e. The van der Waals surface area contributed by atoms with Crippen LogP contribution in [-0.2, 0) is 16.9 Å². The number of hydrogen-bond donors (Lipinski definition) is 0. The van der Waals surface area contributed by atoms with Crippen LogP contribution in [0.1, 0.15) is 36.6 Å². The molecule has 0 bridgehead atoms. The van der Waals surface area contributed by atoms with Gasteiger partial charge < -0.3 is 14.0 Å². The standard InChI is InChI=1S/C30H33B3F2N6O2/c1-40-26(27(38-39-40)30(31,32)33)19-13-22-24(37-15-19)23-21(7-10-36-28(23)43-16-20-14-29(20,34)35)41(22)25(17-5-3-2-4-6-17)18-8-11-42-12-9-18/h2-7,10,13,15,18,20,25H,8-9,11-12,14,16,31-33H2,1H3/t20?,25-/m1/s1. The van der Waals surface area contributed by atoms with Gasteiger partial charge in [0.05, 0.1) is 69.9 Å². The van der Waals surface area contributed by atoms with Gasteiger partial charge >= 0.3 is 0 Å². The van der Waals surface area contributed by atoms with Gasteiger partial charge in [-0.05, 0) is 36.5 Å². The van der Waals surface area contributed by atoms with Crippen molar-refractivity contribution in [1.29, 1.82) is 0 Å². The third-order valence-electron chi connectivity index (χ3n) is 8.84. The van der Waals surface area contributed by atoms with E-state index in [4.69, 9.17) is 14.5 Å². The molecule has 1 aliphatic carbocycles. The molecule has 43 heavy (non-hydrogen) atoms. The molecule has 0 radical (unpaired) electrons. The van der Waals surface area contributed by atoms with Gasteiger partial charge in [0.2, 0.25) is 5.88 Å². The summed E-state index contributed by atoms with van der Waals surface area (Å²) in [5.41, 5.74) is 6.44. The topological polar surface area (TPSA) is 79.9 Å². The minimum atomic E-state index is -2.67. The number of rotatable bonds is 8. The van der Waals surface area contributed by atoms with Gasteiger partial charge in [0.1, 0.15) is 5.52 Å². The number of fused-ring (bicyclic) bond motifs is 3. The van der Waals surface area contributed by atoms with Crippen LogP contribution in [-0.4, -0.2) is 78.8 Å². The number of halogens is 2. The summed E-state index contributed by atoms with van der Waals surface area (Å²) >= 11 is 0. The highest BCUT2D eigenvalue weighted by Gasteiger charge is 2.57. The third kappa shape index (κ3) is 5.01. The van der Waals surface area contributed by atoms with Crippen LogP contribution in [0.15, 0.2) is 54.9 Å². The van der Waals surface area contributed by atoms with Gasteiger partial charge in [-0.15, -0.1) is 5.10 Å². The zero-order chi connectivity index (χ0) is 29.9. The Kier molecular flexibility index (Phi) is 6.83. The van der Waals surface area contributed by atoms with Crippen LogP contribution < -0.4 is 4.74 Å². The molecule has 0 spiro atoms. The van der Waals surface area contributed by atoms with Crippen LogP contribution in [0.25, 0.3) is 33.2 Å². The molecular formula is C30H33B3F2N6O2. The SMILES string of the molecule is BC(B)(B)c1nnn(C)c1-c1cnc2c3c(OCC4CC4(F)F)nccc3n([C@H](c3ccccc3)C3CCOCC3)c2c1. The van der Waals surface area contributed by atoms with Crippen LogP contribution in [0, 0.1) is 11.8 Å². The highest BCUT2D eigenvalue weighted by Crippen LogP contribution is 2.49. The molecule has 13 heteroatoms. The first-order chi connectivity index (χ1) is 20.6. The first kappa shape index (κ1) is 28.1. The molecule has 1 saturated carbocycles. The first-order valence-electron chi connectivity index (χ1n) is 15.0. The Morgan fingerprint density at radius 3 is 2.53 bits per heavy atom. The van der Waals surface area contributed by atoms with Gasteiger partial charge in [-0.2, -0.15) is 0 Å². The second-order valence-electron chi connectivity index (χ2n) is 12.9. The largest absolute Gasteiger partial charge is 0.477 e. The quantitative estimate of drug-likeness (QED) is 0.263. The maximum absolute atomic E-state index is 13.8. The van der Waals surface area contributed by atoms with E-state index in [2.05, 4.69) is 73.7 Å². The Morgan fingerprint density at radius 1 is 1.09 bits per heavy atom. The summed E-state index contributed by atoms with van der Waals surface area (Å²) in [6.45, 7) is 1.33.